The van der Waals surface area contributed by atoms with Crippen molar-refractivity contribution in [2.75, 3.05) is 13.6 Å². The third kappa shape index (κ3) is 2.36. The first-order valence-electron chi connectivity index (χ1n) is 5.74. The zero-order chi connectivity index (χ0) is 12.5. The summed E-state index contributed by atoms with van der Waals surface area (Å²) < 4.78 is 25.9. The third-order valence-corrected chi connectivity index (χ3v) is 5.15. The van der Waals surface area contributed by atoms with Crippen molar-refractivity contribution in [2.24, 2.45) is 11.7 Å². The van der Waals surface area contributed by atoms with Gasteiger partial charge in [0.15, 0.2) is 5.03 Å². The molecule has 0 bridgehead atoms. The largest absolute Gasteiger partial charge is 0.326 e. The average molecular weight is 258 g/mol. The zero-order valence-corrected chi connectivity index (χ0v) is 10.7. The van der Waals surface area contributed by atoms with E-state index in [1.54, 1.807) is 7.05 Å². The van der Waals surface area contributed by atoms with Crippen LogP contribution in [0.2, 0.25) is 0 Å². The molecule has 0 spiro atoms. The molecule has 7 heteroatoms. The molecule has 0 aromatic carbocycles. The Morgan fingerprint density at radius 2 is 2.29 bits per heavy atom. The van der Waals surface area contributed by atoms with Gasteiger partial charge in [-0.3, -0.25) is 5.10 Å². The summed E-state index contributed by atoms with van der Waals surface area (Å²) in [6.45, 7) is 0.744. The van der Waals surface area contributed by atoms with Gasteiger partial charge in [-0.2, -0.15) is 9.40 Å². The molecule has 17 heavy (non-hydrogen) atoms. The minimum Gasteiger partial charge on any atom is -0.326 e. The van der Waals surface area contributed by atoms with Crippen LogP contribution in [-0.4, -0.2) is 36.5 Å². The summed E-state index contributed by atoms with van der Waals surface area (Å²) in [5, 5.41) is 6.40. The Bertz CT molecular complexity index is 478. The SMILES string of the molecule is CN(CC1CCC1)S(=O)(=O)c1[nH]ncc1CN. The first-order valence-corrected chi connectivity index (χ1v) is 7.18. The fourth-order valence-electron chi connectivity index (χ4n) is 1.96. The maximum absolute atomic E-state index is 12.2. The number of nitrogens with zero attached hydrogens (tertiary/aromatic N) is 2. The Morgan fingerprint density at radius 3 is 2.82 bits per heavy atom. The van der Waals surface area contributed by atoms with Crippen molar-refractivity contribution in [3.8, 4) is 0 Å². The number of sulfonamides is 1. The molecule has 0 aliphatic heterocycles. The number of nitrogens with two attached hydrogens (primary N) is 1. The monoisotopic (exact) mass is 258 g/mol. The van der Waals surface area contributed by atoms with E-state index >= 15 is 0 Å². The molecule has 0 amide bonds. The second kappa shape index (κ2) is 4.75. The molecule has 1 fully saturated rings. The Hall–Kier alpha value is -0.920. The summed E-state index contributed by atoms with van der Waals surface area (Å²) >= 11 is 0. The minimum absolute atomic E-state index is 0.127. The lowest BCUT2D eigenvalue weighted by Crippen LogP contribution is -2.35. The van der Waals surface area contributed by atoms with Crippen LogP contribution >= 0.6 is 0 Å². The van der Waals surface area contributed by atoms with E-state index in [0.717, 1.165) is 12.8 Å². The van der Waals surface area contributed by atoms with Gasteiger partial charge in [0, 0.05) is 25.7 Å². The lowest BCUT2D eigenvalue weighted by atomic mass is 9.86. The lowest BCUT2D eigenvalue weighted by molar-refractivity contribution is 0.262. The van der Waals surface area contributed by atoms with Gasteiger partial charge in [0.2, 0.25) is 0 Å². The van der Waals surface area contributed by atoms with Gasteiger partial charge in [0.1, 0.15) is 0 Å². The maximum Gasteiger partial charge on any atom is 0.260 e. The van der Waals surface area contributed by atoms with E-state index in [-0.39, 0.29) is 11.6 Å². The summed E-state index contributed by atoms with van der Waals surface area (Å²) in [5.41, 5.74) is 6.02. The van der Waals surface area contributed by atoms with Gasteiger partial charge in [0.05, 0.1) is 6.20 Å². The molecular weight excluding hydrogens is 240 g/mol. The van der Waals surface area contributed by atoms with Crippen molar-refractivity contribution in [2.45, 2.75) is 30.8 Å². The van der Waals surface area contributed by atoms with Crippen molar-refractivity contribution < 1.29 is 8.42 Å². The smallest absolute Gasteiger partial charge is 0.260 e. The van der Waals surface area contributed by atoms with Crippen molar-refractivity contribution in [1.82, 2.24) is 14.5 Å². The topological polar surface area (TPSA) is 92.1 Å². The number of hydrogen-bond donors (Lipinski definition) is 2. The van der Waals surface area contributed by atoms with Crippen molar-refractivity contribution in [3.05, 3.63) is 11.8 Å². The van der Waals surface area contributed by atoms with Crippen LogP contribution in [0.25, 0.3) is 0 Å². The fourth-order valence-corrected chi connectivity index (χ4v) is 3.32. The van der Waals surface area contributed by atoms with Gasteiger partial charge >= 0.3 is 0 Å². The zero-order valence-electron chi connectivity index (χ0n) is 9.89. The molecule has 96 valence electrons. The van der Waals surface area contributed by atoms with Crippen molar-refractivity contribution >= 4 is 10.0 Å². The van der Waals surface area contributed by atoms with E-state index in [9.17, 15) is 8.42 Å². The molecule has 1 aromatic rings. The Labute approximate surface area is 101 Å². The summed E-state index contributed by atoms with van der Waals surface area (Å²) in [7, 11) is -1.87. The van der Waals surface area contributed by atoms with Crippen LogP contribution in [-0.2, 0) is 16.6 Å². The molecule has 0 radical (unpaired) electrons. The standard InChI is InChI=1S/C10H18N4O2S/c1-14(7-8-3-2-4-8)17(15,16)10-9(5-11)6-12-13-10/h6,8H,2-5,7,11H2,1H3,(H,12,13). The van der Waals surface area contributed by atoms with E-state index in [1.807, 2.05) is 0 Å². The molecule has 3 N–H and O–H groups in total. The van der Waals surface area contributed by atoms with Gasteiger partial charge in [-0.25, -0.2) is 8.42 Å². The Kier molecular flexibility index (Phi) is 3.50. The highest BCUT2D eigenvalue weighted by Gasteiger charge is 2.29. The predicted molar refractivity (Wildman–Crippen MR) is 63.6 cm³/mol. The van der Waals surface area contributed by atoms with Crippen LogP contribution in [0, 0.1) is 5.92 Å². The van der Waals surface area contributed by atoms with Crippen LogP contribution < -0.4 is 5.73 Å². The Balaban J connectivity index is 2.16. The predicted octanol–water partition coefficient (Wildman–Crippen LogP) is 0.289. The van der Waals surface area contributed by atoms with Gasteiger partial charge in [0.25, 0.3) is 10.0 Å². The number of aromatic nitrogens is 2. The molecule has 2 rings (SSSR count). The van der Waals surface area contributed by atoms with Crippen molar-refractivity contribution in [1.29, 1.82) is 0 Å². The normalized spacial score (nSPS) is 17.4. The second-order valence-corrected chi connectivity index (χ2v) is 6.49. The van der Waals surface area contributed by atoms with Gasteiger partial charge in [-0.15, -0.1) is 0 Å². The van der Waals surface area contributed by atoms with Gasteiger partial charge in [-0.1, -0.05) is 6.42 Å². The minimum atomic E-state index is -3.47. The molecule has 0 atom stereocenters. The molecular formula is C10H18N4O2S. The first kappa shape index (κ1) is 12.5. The highest BCUT2D eigenvalue weighted by molar-refractivity contribution is 7.89. The van der Waals surface area contributed by atoms with E-state index in [1.165, 1.54) is 16.9 Å². The molecule has 1 aromatic heterocycles. The molecule has 1 aliphatic carbocycles. The first-order chi connectivity index (χ1) is 8.05. The molecule has 1 heterocycles. The fraction of sp³-hybridized carbons (Fsp3) is 0.700. The molecule has 0 unspecified atom stereocenters. The van der Waals surface area contributed by atoms with Crippen molar-refractivity contribution in [3.63, 3.8) is 0 Å². The number of H-pyrrole nitrogens is 1. The van der Waals surface area contributed by atoms with E-state index in [0.29, 0.717) is 18.0 Å². The number of nitrogens with one attached hydrogen (secondary N) is 1. The van der Waals surface area contributed by atoms with Gasteiger partial charge < -0.3 is 5.73 Å². The maximum atomic E-state index is 12.2. The summed E-state index contributed by atoms with van der Waals surface area (Å²) in [5.74, 6) is 0.499. The summed E-state index contributed by atoms with van der Waals surface area (Å²) in [6, 6.07) is 0. The molecule has 1 aliphatic rings. The highest BCUT2D eigenvalue weighted by Crippen LogP contribution is 2.28. The molecule has 1 saturated carbocycles. The second-order valence-electron chi connectivity index (χ2n) is 4.51. The van der Waals surface area contributed by atoms with E-state index in [2.05, 4.69) is 10.2 Å². The number of rotatable bonds is 5. The van der Waals surface area contributed by atoms with E-state index in [4.69, 9.17) is 5.73 Å². The molecule has 6 nitrogen and oxygen atoms in total. The van der Waals surface area contributed by atoms with Crippen LogP contribution in [0.15, 0.2) is 11.2 Å². The highest BCUT2D eigenvalue weighted by atomic mass is 32.2. The number of hydrogen-bond acceptors (Lipinski definition) is 4. The number of aromatic amines is 1. The average Bonchev–Trinajstić information content (AvgIpc) is 2.71. The quantitative estimate of drug-likeness (QED) is 0.794. The van der Waals surface area contributed by atoms with E-state index < -0.39 is 10.0 Å². The Morgan fingerprint density at radius 1 is 1.59 bits per heavy atom. The third-order valence-electron chi connectivity index (χ3n) is 3.31. The summed E-state index contributed by atoms with van der Waals surface area (Å²) in [6.07, 6.45) is 4.90. The van der Waals surface area contributed by atoms with Crippen LogP contribution in [0.3, 0.4) is 0 Å². The van der Waals surface area contributed by atoms with Crippen LogP contribution in [0.1, 0.15) is 24.8 Å². The molecule has 0 saturated heterocycles. The lowest BCUT2D eigenvalue weighted by Gasteiger charge is -2.29. The van der Waals surface area contributed by atoms with Crippen LogP contribution in [0.5, 0.6) is 0 Å². The van der Waals surface area contributed by atoms with Gasteiger partial charge in [-0.05, 0) is 18.8 Å². The van der Waals surface area contributed by atoms with Crippen LogP contribution in [0.4, 0.5) is 0 Å². The summed E-state index contributed by atoms with van der Waals surface area (Å²) in [4.78, 5) is 0.